The Labute approximate surface area is 171 Å². The molecule has 2 aromatic rings. The molecule has 1 aliphatic rings. The molecule has 1 aromatic heterocycles. The largest absolute Gasteiger partial charge is 0.491 e. The molecule has 28 heavy (non-hydrogen) atoms. The van der Waals surface area contributed by atoms with Gasteiger partial charge in [0, 0.05) is 23.7 Å². The highest BCUT2D eigenvalue weighted by Gasteiger charge is 2.15. The number of aliphatic hydroxyl groups excluding tert-OH is 1. The summed E-state index contributed by atoms with van der Waals surface area (Å²) in [5.74, 6) is 2.25. The van der Waals surface area contributed by atoms with E-state index in [4.69, 9.17) is 16.3 Å². The van der Waals surface area contributed by atoms with E-state index in [0.717, 1.165) is 36.1 Å². The normalized spacial score (nSPS) is 16.7. The van der Waals surface area contributed by atoms with E-state index in [-0.39, 0.29) is 6.61 Å². The van der Waals surface area contributed by atoms with Crippen LogP contribution in [0.3, 0.4) is 0 Å². The summed E-state index contributed by atoms with van der Waals surface area (Å²) in [7, 11) is 0. The van der Waals surface area contributed by atoms with Gasteiger partial charge in [0.25, 0.3) is 0 Å². The summed E-state index contributed by atoms with van der Waals surface area (Å²) >= 11 is 6.15. The minimum absolute atomic E-state index is 0.269. The quantitative estimate of drug-likeness (QED) is 0.592. The number of rotatable bonds is 9. The van der Waals surface area contributed by atoms with Gasteiger partial charge in [-0.25, -0.2) is 4.98 Å². The highest BCUT2D eigenvalue weighted by molar-refractivity contribution is 6.30. The molecule has 1 saturated heterocycles. The van der Waals surface area contributed by atoms with Crippen LogP contribution in [0.15, 0.2) is 18.2 Å². The van der Waals surface area contributed by atoms with Crippen LogP contribution in [0.5, 0.6) is 5.75 Å². The number of aryl methyl sites for hydroxylation is 1. The number of benzene rings is 1. The number of likely N-dealkylation sites (tertiary alicyclic amines) is 1. The van der Waals surface area contributed by atoms with Gasteiger partial charge in [0.05, 0.1) is 6.54 Å². The molecule has 1 aliphatic heterocycles. The fraction of sp³-hybridized carbons (Fsp3) is 0.600. The van der Waals surface area contributed by atoms with Gasteiger partial charge in [-0.3, -0.25) is 5.10 Å². The van der Waals surface area contributed by atoms with Crippen molar-refractivity contribution in [1.82, 2.24) is 25.4 Å². The third kappa shape index (κ3) is 6.74. The van der Waals surface area contributed by atoms with Gasteiger partial charge in [-0.1, -0.05) is 24.4 Å². The molecule has 0 saturated carbocycles. The van der Waals surface area contributed by atoms with Gasteiger partial charge in [-0.2, -0.15) is 5.10 Å². The third-order valence-corrected chi connectivity index (χ3v) is 5.10. The van der Waals surface area contributed by atoms with Crippen molar-refractivity contribution in [3.05, 3.63) is 40.4 Å². The molecule has 1 aromatic carbocycles. The van der Waals surface area contributed by atoms with Crippen LogP contribution in [0.2, 0.25) is 5.02 Å². The summed E-state index contributed by atoms with van der Waals surface area (Å²) in [6.07, 6.45) is 4.50. The van der Waals surface area contributed by atoms with E-state index in [9.17, 15) is 5.11 Å². The minimum atomic E-state index is -0.509. The lowest BCUT2D eigenvalue weighted by molar-refractivity contribution is 0.0690. The summed E-state index contributed by atoms with van der Waals surface area (Å²) in [5.41, 5.74) is 0.946. The summed E-state index contributed by atoms with van der Waals surface area (Å²) in [5, 5.41) is 21.3. The molecule has 1 fully saturated rings. The van der Waals surface area contributed by atoms with Crippen molar-refractivity contribution in [3.8, 4) is 5.75 Å². The maximum absolute atomic E-state index is 10.4. The predicted molar refractivity (Wildman–Crippen MR) is 110 cm³/mol. The van der Waals surface area contributed by atoms with Crippen LogP contribution >= 0.6 is 11.6 Å². The Balaban J connectivity index is 1.49. The molecule has 2 heterocycles. The second-order valence-corrected chi connectivity index (χ2v) is 7.81. The average Bonchev–Trinajstić information content (AvgIpc) is 2.92. The van der Waals surface area contributed by atoms with Crippen LogP contribution in [0.25, 0.3) is 0 Å². The average molecular weight is 408 g/mol. The number of aromatic nitrogens is 3. The first-order valence-electron chi connectivity index (χ1n) is 10.0. The molecule has 0 unspecified atom stereocenters. The lowest BCUT2D eigenvalue weighted by Crippen LogP contribution is -2.36. The molecule has 0 amide bonds. The van der Waals surface area contributed by atoms with E-state index in [2.05, 4.69) is 25.4 Å². The molecule has 3 N–H and O–H groups in total. The zero-order valence-electron chi connectivity index (χ0n) is 16.5. The zero-order chi connectivity index (χ0) is 19.8. The lowest BCUT2D eigenvalue weighted by atomic mass is 10.2. The molecular formula is C20H30ClN5O2. The second-order valence-electron chi connectivity index (χ2n) is 7.37. The number of H-pyrrole nitrogens is 1. The molecule has 1 atom stereocenters. The van der Waals surface area contributed by atoms with Crippen molar-refractivity contribution >= 4 is 11.6 Å². The molecule has 154 valence electrons. The number of halogens is 1. The Kier molecular flexibility index (Phi) is 8.09. The van der Waals surface area contributed by atoms with E-state index < -0.39 is 6.10 Å². The number of hydrogen-bond donors (Lipinski definition) is 3. The Hall–Kier alpha value is -1.67. The van der Waals surface area contributed by atoms with Gasteiger partial charge >= 0.3 is 0 Å². The van der Waals surface area contributed by atoms with E-state index in [1.54, 1.807) is 6.07 Å². The fourth-order valence-corrected chi connectivity index (χ4v) is 3.65. The fourth-order valence-electron chi connectivity index (χ4n) is 3.46. The van der Waals surface area contributed by atoms with E-state index in [1.165, 1.54) is 25.7 Å². The van der Waals surface area contributed by atoms with Gasteiger partial charge in [-0.15, -0.1) is 0 Å². The lowest BCUT2D eigenvalue weighted by Gasteiger charge is -2.23. The SMILES string of the molecule is Cc1nc(CNCc2cc(Cl)ccc2OC[C@H](O)CN2CCCCCC2)n[nH]1. The maximum Gasteiger partial charge on any atom is 0.164 e. The van der Waals surface area contributed by atoms with Crippen LogP contribution in [-0.4, -0.2) is 57.5 Å². The Morgan fingerprint density at radius 2 is 2.04 bits per heavy atom. The molecule has 7 nitrogen and oxygen atoms in total. The van der Waals surface area contributed by atoms with Gasteiger partial charge in [-0.05, 0) is 51.1 Å². The smallest absolute Gasteiger partial charge is 0.164 e. The minimum Gasteiger partial charge on any atom is -0.491 e. The van der Waals surface area contributed by atoms with Crippen LogP contribution in [-0.2, 0) is 13.1 Å². The van der Waals surface area contributed by atoms with Gasteiger partial charge in [0.1, 0.15) is 24.3 Å². The van der Waals surface area contributed by atoms with Gasteiger partial charge in [0.2, 0.25) is 0 Å². The molecule has 0 aliphatic carbocycles. The highest BCUT2D eigenvalue weighted by Crippen LogP contribution is 2.23. The van der Waals surface area contributed by atoms with Gasteiger partial charge < -0.3 is 20.1 Å². The summed E-state index contributed by atoms with van der Waals surface area (Å²) in [6.45, 7) is 6.05. The Morgan fingerprint density at radius 3 is 2.75 bits per heavy atom. The van der Waals surface area contributed by atoms with Crippen molar-refractivity contribution < 1.29 is 9.84 Å². The van der Waals surface area contributed by atoms with Crippen LogP contribution < -0.4 is 10.1 Å². The number of β-amino-alcohol motifs (C(OH)–C–C–N with tert-alkyl or cyclic N) is 1. The van der Waals surface area contributed by atoms with Gasteiger partial charge in [0.15, 0.2) is 5.82 Å². The number of hydrogen-bond acceptors (Lipinski definition) is 6. The first-order valence-corrected chi connectivity index (χ1v) is 10.4. The number of aromatic amines is 1. The van der Waals surface area contributed by atoms with Crippen LogP contribution in [0.4, 0.5) is 0 Å². The van der Waals surface area contributed by atoms with Crippen molar-refractivity contribution in [2.75, 3.05) is 26.2 Å². The molecule has 3 rings (SSSR count). The summed E-state index contributed by atoms with van der Waals surface area (Å²) in [6, 6.07) is 5.55. The van der Waals surface area contributed by atoms with Crippen molar-refractivity contribution in [3.63, 3.8) is 0 Å². The van der Waals surface area contributed by atoms with Crippen LogP contribution in [0, 0.1) is 6.92 Å². The van der Waals surface area contributed by atoms with E-state index >= 15 is 0 Å². The second kappa shape index (κ2) is 10.8. The number of nitrogens with one attached hydrogen (secondary N) is 2. The molecular weight excluding hydrogens is 378 g/mol. The standard InChI is InChI=1S/C20H30ClN5O2/c1-15-23-20(25-24-15)12-22-11-16-10-17(21)6-7-19(16)28-14-18(27)13-26-8-4-2-3-5-9-26/h6-7,10,18,22,27H,2-5,8-9,11-14H2,1H3,(H,23,24,25)/t18-/m1/s1. The predicted octanol–water partition coefficient (Wildman–Crippen LogP) is 2.67. The summed E-state index contributed by atoms with van der Waals surface area (Å²) in [4.78, 5) is 6.62. The molecule has 0 spiro atoms. The topological polar surface area (TPSA) is 86.3 Å². The van der Waals surface area contributed by atoms with Crippen LogP contribution in [0.1, 0.15) is 42.9 Å². The molecule has 0 radical (unpaired) electrons. The molecule has 0 bridgehead atoms. The maximum atomic E-state index is 10.4. The van der Waals surface area contributed by atoms with E-state index in [1.807, 2.05) is 19.1 Å². The first kappa shape index (κ1) is 21.0. The van der Waals surface area contributed by atoms with Crippen molar-refractivity contribution in [1.29, 1.82) is 0 Å². The zero-order valence-corrected chi connectivity index (χ0v) is 17.2. The Morgan fingerprint density at radius 1 is 1.25 bits per heavy atom. The molecule has 8 heteroatoms. The Bertz CT molecular complexity index is 731. The first-order chi connectivity index (χ1) is 13.6. The highest BCUT2D eigenvalue weighted by atomic mass is 35.5. The summed E-state index contributed by atoms with van der Waals surface area (Å²) < 4.78 is 5.92. The van der Waals surface area contributed by atoms with Crippen molar-refractivity contribution in [2.45, 2.75) is 51.8 Å². The van der Waals surface area contributed by atoms with Crippen molar-refractivity contribution in [2.24, 2.45) is 0 Å². The number of nitrogens with zero attached hydrogens (tertiary/aromatic N) is 3. The monoisotopic (exact) mass is 407 g/mol. The third-order valence-electron chi connectivity index (χ3n) is 4.86. The number of aliphatic hydroxyl groups is 1. The van der Waals surface area contributed by atoms with E-state index in [0.29, 0.717) is 24.7 Å². The number of ether oxygens (including phenoxy) is 1.